The van der Waals surface area contributed by atoms with Crippen molar-refractivity contribution < 1.29 is 4.79 Å². The molecule has 1 amide bonds. The molecule has 83 valence electrons. The maximum Gasteiger partial charge on any atom is 0.236 e. The summed E-state index contributed by atoms with van der Waals surface area (Å²) in [7, 11) is 0. The van der Waals surface area contributed by atoms with Crippen LogP contribution in [0.15, 0.2) is 0 Å². The van der Waals surface area contributed by atoms with Crippen LogP contribution < -0.4 is 5.73 Å². The second-order valence-electron chi connectivity index (χ2n) is 3.94. The van der Waals surface area contributed by atoms with Gasteiger partial charge in [-0.15, -0.1) is 0 Å². The fraction of sp³-hybridized carbons (Fsp3) is 0.727. The molecule has 0 aliphatic carbocycles. The van der Waals surface area contributed by atoms with Crippen LogP contribution in [0.3, 0.4) is 0 Å². The standard InChI is InChI=1S/C11H18N3O/c1-2-6-14-7-4-3-5-9(8-12)10(14)11(13)15/h10H,2-7H2,1H3,(H2,13,15). The molecule has 0 bridgehead atoms. The van der Waals surface area contributed by atoms with Crippen molar-refractivity contribution >= 4 is 5.91 Å². The smallest absolute Gasteiger partial charge is 0.236 e. The van der Waals surface area contributed by atoms with Crippen molar-refractivity contribution in [3.63, 3.8) is 0 Å². The summed E-state index contributed by atoms with van der Waals surface area (Å²) in [4.78, 5) is 13.4. The van der Waals surface area contributed by atoms with Crippen molar-refractivity contribution in [2.75, 3.05) is 13.1 Å². The quantitative estimate of drug-likeness (QED) is 0.747. The van der Waals surface area contributed by atoms with E-state index in [1.54, 1.807) is 0 Å². The molecule has 4 heteroatoms. The van der Waals surface area contributed by atoms with Crippen LogP contribution in [0.5, 0.6) is 0 Å². The van der Waals surface area contributed by atoms with E-state index in [4.69, 9.17) is 11.0 Å². The Morgan fingerprint density at radius 1 is 1.67 bits per heavy atom. The first kappa shape index (κ1) is 12.0. The molecule has 2 N–H and O–H groups in total. The maximum absolute atomic E-state index is 11.4. The lowest BCUT2D eigenvalue weighted by atomic mass is 9.95. The van der Waals surface area contributed by atoms with Crippen LogP contribution in [0.25, 0.3) is 0 Å². The molecule has 1 atom stereocenters. The van der Waals surface area contributed by atoms with Gasteiger partial charge in [0.1, 0.15) is 12.0 Å². The van der Waals surface area contributed by atoms with Crippen LogP contribution >= 0.6 is 0 Å². The summed E-state index contributed by atoms with van der Waals surface area (Å²) in [6.45, 7) is 3.76. The molecule has 1 aliphatic heterocycles. The Labute approximate surface area is 91.0 Å². The van der Waals surface area contributed by atoms with Gasteiger partial charge in [0, 0.05) is 0 Å². The van der Waals surface area contributed by atoms with E-state index < -0.39 is 6.04 Å². The molecule has 15 heavy (non-hydrogen) atoms. The molecule has 1 radical (unpaired) electrons. The van der Waals surface area contributed by atoms with Crippen molar-refractivity contribution in [3.8, 4) is 6.07 Å². The van der Waals surface area contributed by atoms with Gasteiger partial charge in [0.15, 0.2) is 0 Å². The predicted octanol–water partition coefficient (Wildman–Crippen LogP) is 0.834. The van der Waals surface area contributed by atoms with E-state index >= 15 is 0 Å². The van der Waals surface area contributed by atoms with E-state index in [2.05, 4.69) is 13.0 Å². The van der Waals surface area contributed by atoms with E-state index in [0.717, 1.165) is 32.4 Å². The number of amides is 1. The minimum Gasteiger partial charge on any atom is -0.368 e. The molecule has 1 fully saturated rings. The van der Waals surface area contributed by atoms with E-state index in [1.807, 2.05) is 4.90 Å². The highest BCUT2D eigenvalue weighted by Gasteiger charge is 2.34. The lowest BCUT2D eigenvalue weighted by Crippen LogP contribution is -2.47. The number of likely N-dealkylation sites (tertiary alicyclic amines) is 1. The Hall–Kier alpha value is -1.08. The molecular weight excluding hydrogens is 190 g/mol. The molecule has 1 saturated heterocycles. The molecule has 1 aliphatic rings. The Bertz CT molecular complexity index is 259. The van der Waals surface area contributed by atoms with Gasteiger partial charge < -0.3 is 5.73 Å². The number of carbonyl (C=O) groups excluding carboxylic acids is 1. The number of hydrogen-bond acceptors (Lipinski definition) is 3. The highest BCUT2D eigenvalue weighted by molar-refractivity contribution is 5.83. The Kier molecular flexibility index (Phi) is 4.57. The minimum atomic E-state index is -0.461. The average molecular weight is 208 g/mol. The maximum atomic E-state index is 11.4. The third-order valence-corrected chi connectivity index (χ3v) is 2.76. The number of nitrogens with two attached hydrogens (primary N) is 1. The summed E-state index contributed by atoms with van der Waals surface area (Å²) >= 11 is 0. The van der Waals surface area contributed by atoms with Gasteiger partial charge in [-0.2, -0.15) is 5.26 Å². The molecule has 1 rings (SSSR count). The number of rotatable bonds is 3. The first-order chi connectivity index (χ1) is 7.20. The topological polar surface area (TPSA) is 70.1 Å². The molecule has 0 aromatic carbocycles. The zero-order chi connectivity index (χ0) is 11.3. The Morgan fingerprint density at radius 3 is 2.93 bits per heavy atom. The summed E-state index contributed by atoms with van der Waals surface area (Å²) < 4.78 is 0. The third-order valence-electron chi connectivity index (χ3n) is 2.76. The van der Waals surface area contributed by atoms with Crippen molar-refractivity contribution in [1.82, 2.24) is 4.90 Å². The van der Waals surface area contributed by atoms with E-state index in [-0.39, 0.29) is 5.91 Å². The fourth-order valence-electron chi connectivity index (χ4n) is 2.11. The molecule has 4 nitrogen and oxygen atoms in total. The fourth-order valence-corrected chi connectivity index (χ4v) is 2.11. The van der Waals surface area contributed by atoms with Crippen molar-refractivity contribution in [2.24, 2.45) is 5.73 Å². The van der Waals surface area contributed by atoms with Crippen molar-refractivity contribution in [3.05, 3.63) is 5.92 Å². The zero-order valence-electron chi connectivity index (χ0n) is 9.20. The van der Waals surface area contributed by atoms with Gasteiger partial charge in [0.05, 0.1) is 6.07 Å². The van der Waals surface area contributed by atoms with Crippen LogP contribution in [0.4, 0.5) is 0 Å². The van der Waals surface area contributed by atoms with Gasteiger partial charge in [-0.25, -0.2) is 0 Å². The van der Waals surface area contributed by atoms with Crippen molar-refractivity contribution in [2.45, 2.75) is 38.6 Å². The predicted molar refractivity (Wildman–Crippen MR) is 57.6 cm³/mol. The highest BCUT2D eigenvalue weighted by Crippen LogP contribution is 2.24. The van der Waals surface area contributed by atoms with Crippen molar-refractivity contribution in [1.29, 1.82) is 5.26 Å². The third kappa shape index (κ3) is 2.93. The van der Waals surface area contributed by atoms with E-state index in [0.29, 0.717) is 12.3 Å². The van der Waals surface area contributed by atoms with Gasteiger partial charge in [-0.3, -0.25) is 9.69 Å². The number of hydrogen-bond donors (Lipinski definition) is 1. The first-order valence-corrected chi connectivity index (χ1v) is 5.50. The van der Waals surface area contributed by atoms with Gasteiger partial charge in [0.25, 0.3) is 0 Å². The summed E-state index contributed by atoms with van der Waals surface area (Å²) in [5.41, 5.74) is 5.37. The normalized spacial score (nSPS) is 24.4. The summed E-state index contributed by atoms with van der Waals surface area (Å²) in [5.74, 6) is 0.246. The Balaban J connectivity index is 2.82. The second kappa shape index (κ2) is 5.72. The number of carbonyl (C=O) groups is 1. The van der Waals surface area contributed by atoms with E-state index in [1.165, 1.54) is 0 Å². The van der Waals surface area contributed by atoms with Gasteiger partial charge in [0.2, 0.25) is 5.91 Å². The van der Waals surface area contributed by atoms with Crippen LogP contribution in [0.1, 0.15) is 32.6 Å². The lowest BCUT2D eigenvalue weighted by molar-refractivity contribution is -0.122. The molecule has 1 heterocycles. The lowest BCUT2D eigenvalue weighted by Gasteiger charge is -2.28. The highest BCUT2D eigenvalue weighted by atomic mass is 16.1. The van der Waals surface area contributed by atoms with Gasteiger partial charge >= 0.3 is 0 Å². The SMILES string of the molecule is CCCN1CCCC[C](C#N)C1C(N)=O. The molecule has 1 unspecified atom stereocenters. The second-order valence-corrected chi connectivity index (χ2v) is 3.94. The molecular formula is C11H18N3O. The van der Waals surface area contributed by atoms with Gasteiger partial charge in [-0.1, -0.05) is 13.3 Å². The number of primary amides is 1. The molecule has 0 saturated carbocycles. The summed E-state index contributed by atoms with van der Waals surface area (Å²) in [5, 5.41) is 9.00. The summed E-state index contributed by atoms with van der Waals surface area (Å²) in [6.07, 6.45) is 3.70. The monoisotopic (exact) mass is 208 g/mol. The van der Waals surface area contributed by atoms with E-state index in [9.17, 15) is 4.79 Å². The number of nitriles is 1. The minimum absolute atomic E-state index is 0.387. The molecule has 0 aromatic heterocycles. The molecule has 0 spiro atoms. The van der Waals surface area contributed by atoms with Gasteiger partial charge in [-0.05, 0) is 32.4 Å². The summed E-state index contributed by atoms with van der Waals surface area (Å²) in [6, 6.07) is 1.68. The van der Waals surface area contributed by atoms with Crippen LogP contribution in [-0.2, 0) is 4.79 Å². The first-order valence-electron chi connectivity index (χ1n) is 5.50. The average Bonchev–Trinajstić information content (AvgIpc) is 2.40. The zero-order valence-corrected chi connectivity index (χ0v) is 9.20. The van der Waals surface area contributed by atoms with Crippen LogP contribution in [-0.4, -0.2) is 29.9 Å². The van der Waals surface area contributed by atoms with Crippen LogP contribution in [0, 0.1) is 17.2 Å². The number of nitrogens with zero attached hydrogens (tertiary/aromatic N) is 2. The largest absolute Gasteiger partial charge is 0.368 e. The Morgan fingerprint density at radius 2 is 2.40 bits per heavy atom. The molecule has 0 aromatic rings. The van der Waals surface area contributed by atoms with Crippen LogP contribution in [0.2, 0.25) is 0 Å².